The molecule has 7 heteroatoms. The molecule has 7 nitrogen and oxygen atoms in total. The van der Waals surface area contributed by atoms with Gasteiger partial charge >= 0.3 is 12.0 Å². The minimum absolute atomic E-state index is 0.0784. The molecule has 0 saturated carbocycles. The highest BCUT2D eigenvalue weighted by molar-refractivity contribution is 5.95. The van der Waals surface area contributed by atoms with Crippen molar-refractivity contribution in [2.75, 3.05) is 7.11 Å². The minimum atomic E-state index is -0.681. The Labute approximate surface area is 201 Å². The van der Waals surface area contributed by atoms with Crippen LogP contribution in [-0.2, 0) is 16.1 Å². The predicted molar refractivity (Wildman–Crippen MR) is 131 cm³/mol. The van der Waals surface area contributed by atoms with Crippen molar-refractivity contribution in [3.8, 4) is 11.5 Å². The minimum Gasteiger partial charge on any atom is -0.493 e. The molecule has 1 heterocycles. The molecule has 1 aliphatic heterocycles. The predicted octanol–water partition coefficient (Wildman–Crippen LogP) is 5.11. The fraction of sp³-hybridized carbons (Fsp3) is 0.407. The van der Waals surface area contributed by atoms with E-state index in [0.717, 1.165) is 11.1 Å². The Kier molecular flexibility index (Phi) is 7.87. The third-order valence-corrected chi connectivity index (χ3v) is 5.65. The molecule has 3 rings (SSSR count). The molecule has 0 radical (unpaired) electrons. The molecule has 0 aliphatic carbocycles. The lowest BCUT2D eigenvalue weighted by Crippen LogP contribution is -2.47. The summed E-state index contributed by atoms with van der Waals surface area (Å²) in [5.74, 6) is 0.542. The monoisotopic (exact) mass is 466 g/mol. The first-order valence-electron chi connectivity index (χ1n) is 11.5. The summed E-state index contributed by atoms with van der Waals surface area (Å²) in [5, 5.41) is 5.64. The van der Waals surface area contributed by atoms with Gasteiger partial charge in [-0.05, 0) is 62.4 Å². The van der Waals surface area contributed by atoms with Gasteiger partial charge in [0.05, 0.1) is 24.8 Å². The lowest BCUT2D eigenvalue weighted by molar-refractivity contribution is -0.143. The normalized spacial score (nSPS) is 15.8. The molecule has 2 N–H and O–H groups in total. The third kappa shape index (κ3) is 5.71. The van der Waals surface area contributed by atoms with Crippen molar-refractivity contribution in [1.82, 2.24) is 10.6 Å². The van der Waals surface area contributed by atoms with Gasteiger partial charge in [0.1, 0.15) is 6.61 Å². The van der Waals surface area contributed by atoms with Crippen LogP contribution in [0.2, 0.25) is 0 Å². The molecule has 1 aliphatic rings. The lowest BCUT2D eigenvalue weighted by Gasteiger charge is -2.31. The number of ether oxygens (including phenoxy) is 3. The molecular weight excluding hydrogens is 432 g/mol. The summed E-state index contributed by atoms with van der Waals surface area (Å²) in [6.07, 6.45) is -0.290. The number of benzene rings is 2. The molecule has 0 fully saturated rings. The number of rotatable bonds is 8. The second kappa shape index (κ2) is 10.6. The Balaban J connectivity index is 1.95. The number of methoxy groups -OCH3 is 1. The zero-order valence-electron chi connectivity index (χ0n) is 20.9. The molecule has 2 amide bonds. The van der Waals surface area contributed by atoms with E-state index in [-0.39, 0.29) is 18.1 Å². The summed E-state index contributed by atoms with van der Waals surface area (Å²) in [4.78, 5) is 25.5. The maximum Gasteiger partial charge on any atom is 0.338 e. The zero-order chi connectivity index (χ0) is 25.0. The molecule has 1 unspecified atom stereocenters. The van der Waals surface area contributed by atoms with Crippen LogP contribution in [0, 0.1) is 19.8 Å². The fourth-order valence-electron chi connectivity index (χ4n) is 3.89. The highest BCUT2D eigenvalue weighted by atomic mass is 16.5. The summed E-state index contributed by atoms with van der Waals surface area (Å²) in [6.45, 7) is 11.9. The van der Waals surface area contributed by atoms with Crippen molar-refractivity contribution < 1.29 is 23.8 Å². The van der Waals surface area contributed by atoms with E-state index < -0.39 is 12.0 Å². The first kappa shape index (κ1) is 25.1. The van der Waals surface area contributed by atoms with Crippen LogP contribution in [-0.4, -0.2) is 25.2 Å². The molecule has 0 bridgehead atoms. The highest BCUT2D eigenvalue weighted by Gasteiger charge is 2.35. The van der Waals surface area contributed by atoms with Gasteiger partial charge in [-0.3, -0.25) is 0 Å². The highest BCUT2D eigenvalue weighted by Crippen LogP contribution is 2.36. The molecule has 0 spiro atoms. The number of esters is 1. The summed E-state index contributed by atoms with van der Waals surface area (Å²) >= 11 is 0. The largest absolute Gasteiger partial charge is 0.493 e. The van der Waals surface area contributed by atoms with Crippen LogP contribution in [0.5, 0.6) is 11.5 Å². The molecule has 1 atom stereocenters. The summed E-state index contributed by atoms with van der Waals surface area (Å²) in [7, 11) is 1.56. The first-order valence-corrected chi connectivity index (χ1v) is 11.5. The number of nitrogens with one attached hydrogen (secondary N) is 2. The van der Waals surface area contributed by atoms with E-state index in [1.54, 1.807) is 33.1 Å². The van der Waals surface area contributed by atoms with E-state index >= 15 is 0 Å². The van der Waals surface area contributed by atoms with Gasteiger partial charge in [0.15, 0.2) is 11.5 Å². The van der Waals surface area contributed by atoms with E-state index in [2.05, 4.69) is 35.8 Å². The molecule has 34 heavy (non-hydrogen) atoms. The first-order chi connectivity index (χ1) is 16.1. The second-order valence-corrected chi connectivity index (χ2v) is 9.10. The van der Waals surface area contributed by atoms with Crippen LogP contribution in [0.1, 0.15) is 56.0 Å². The molecule has 182 valence electrons. The number of amides is 2. The number of allylic oxidation sites excluding steroid dienone is 1. The quantitative estimate of drug-likeness (QED) is 0.528. The summed E-state index contributed by atoms with van der Waals surface area (Å²) < 4.78 is 17.2. The summed E-state index contributed by atoms with van der Waals surface area (Å²) in [6, 6.07) is 10.6. The Morgan fingerprint density at radius 2 is 1.76 bits per heavy atom. The Morgan fingerprint density at radius 1 is 1.03 bits per heavy atom. The topological polar surface area (TPSA) is 85.9 Å². The van der Waals surface area contributed by atoms with E-state index in [1.807, 2.05) is 26.8 Å². The van der Waals surface area contributed by atoms with Gasteiger partial charge in [-0.25, -0.2) is 9.59 Å². The van der Waals surface area contributed by atoms with Crippen LogP contribution in [0.15, 0.2) is 47.7 Å². The number of urea groups is 1. The zero-order valence-corrected chi connectivity index (χ0v) is 20.9. The van der Waals surface area contributed by atoms with Gasteiger partial charge in [0.2, 0.25) is 0 Å². The smallest absolute Gasteiger partial charge is 0.338 e. The van der Waals surface area contributed by atoms with Gasteiger partial charge in [-0.2, -0.15) is 0 Å². The fourth-order valence-corrected chi connectivity index (χ4v) is 3.89. The van der Waals surface area contributed by atoms with Gasteiger partial charge in [-0.15, -0.1) is 0 Å². The summed E-state index contributed by atoms with van der Waals surface area (Å²) in [5.41, 5.74) is 5.04. The Hall–Kier alpha value is -3.48. The molecular formula is C27H34N2O5. The molecule has 0 aromatic heterocycles. The van der Waals surface area contributed by atoms with Crippen molar-refractivity contribution in [2.45, 2.75) is 60.3 Å². The molecule has 2 aromatic rings. The van der Waals surface area contributed by atoms with Crippen LogP contribution < -0.4 is 20.1 Å². The van der Waals surface area contributed by atoms with Crippen molar-refractivity contribution in [1.29, 1.82) is 0 Å². The van der Waals surface area contributed by atoms with Crippen LogP contribution in [0.3, 0.4) is 0 Å². The van der Waals surface area contributed by atoms with E-state index in [1.165, 1.54) is 5.56 Å². The Bertz CT molecular complexity index is 1100. The van der Waals surface area contributed by atoms with Gasteiger partial charge in [0, 0.05) is 5.70 Å². The average molecular weight is 467 g/mol. The van der Waals surface area contributed by atoms with Crippen LogP contribution in [0.25, 0.3) is 0 Å². The maximum atomic E-state index is 13.0. The van der Waals surface area contributed by atoms with Crippen molar-refractivity contribution in [3.63, 3.8) is 0 Å². The number of carbonyl (C=O) groups excluding carboxylic acids is 2. The number of aryl methyl sites for hydroxylation is 2. The Morgan fingerprint density at radius 3 is 2.41 bits per heavy atom. The number of hydrogen-bond acceptors (Lipinski definition) is 5. The van der Waals surface area contributed by atoms with E-state index in [9.17, 15) is 9.59 Å². The maximum absolute atomic E-state index is 13.0. The van der Waals surface area contributed by atoms with Crippen LogP contribution in [0.4, 0.5) is 4.79 Å². The standard InChI is InChI=1S/C27H34N2O5/c1-15(2)24-23(26(30)34-16(3)4)25(29-27(31)28-24)19-10-11-21(22(13-19)32-7)33-14-20-12-17(5)8-9-18(20)6/h8-13,15-16,25H,14H2,1-7H3,(H2,28,29,31). The number of carbonyl (C=O) groups is 2. The van der Waals surface area contributed by atoms with Crippen molar-refractivity contribution >= 4 is 12.0 Å². The van der Waals surface area contributed by atoms with E-state index in [0.29, 0.717) is 34.9 Å². The van der Waals surface area contributed by atoms with Gasteiger partial charge < -0.3 is 24.8 Å². The lowest BCUT2D eigenvalue weighted by atomic mass is 9.91. The molecule has 2 aromatic carbocycles. The second-order valence-electron chi connectivity index (χ2n) is 9.10. The van der Waals surface area contributed by atoms with Crippen molar-refractivity contribution in [3.05, 3.63) is 69.9 Å². The third-order valence-electron chi connectivity index (χ3n) is 5.65. The van der Waals surface area contributed by atoms with Gasteiger partial charge in [0.25, 0.3) is 0 Å². The van der Waals surface area contributed by atoms with E-state index in [4.69, 9.17) is 14.2 Å². The number of hydrogen-bond donors (Lipinski definition) is 2. The SMILES string of the molecule is COc1cc(C2NC(=O)NC(C(C)C)=C2C(=O)OC(C)C)ccc1OCc1cc(C)ccc1C. The van der Waals surface area contributed by atoms with Crippen LogP contribution >= 0.6 is 0 Å². The average Bonchev–Trinajstić information content (AvgIpc) is 2.78. The van der Waals surface area contributed by atoms with Crippen molar-refractivity contribution in [2.24, 2.45) is 5.92 Å². The molecule has 0 saturated heterocycles. The van der Waals surface area contributed by atoms with Gasteiger partial charge in [-0.1, -0.05) is 43.7 Å².